The molecule has 0 bridgehead atoms. The van der Waals surface area contributed by atoms with Crippen molar-refractivity contribution in [1.82, 2.24) is 4.98 Å². The Hall–Kier alpha value is -2.27. The first kappa shape index (κ1) is 12.7. The summed E-state index contributed by atoms with van der Waals surface area (Å²) >= 11 is 1.39. The quantitative estimate of drug-likeness (QED) is 0.712. The summed E-state index contributed by atoms with van der Waals surface area (Å²) in [4.78, 5) is 4.38. The van der Waals surface area contributed by atoms with Crippen molar-refractivity contribution in [3.05, 3.63) is 59.5 Å². The summed E-state index contributed by atoms with van der Waals surface area (Å²) in [5, 5.41) is 2.49. The minimum atomic E-state index is -0.616. The molecule has 0 radical (unpaired) electrons. The van der Waals surface area contributed by atoms with Crippen LogP contribution < -0.4 is 5.73 Å². The molecule has 3 rings (SSSR count). The molecule has 20 heavy (non-hydrogen) atoms. The smallest absolute Gasteiger partial charge is 0.135 e. The molecule has 0 aliphatic heterocycles. The monoisotopic (exact) mass is 288 g/mol. The zero-order valence-electron chi connectivity index (χ0n) is 10.3. The lowest BCUT2D eigenvalue weighted by atomic mass is 10.1. The Morgan fingerprint density at radius 3 is 2.65 bits per heavy atom. The van der Waals surface area contributed by atoms with E-state index in [0.29, 0.717) is 11.4 Å². The van der Waals surface area contributed by atoms with Gasteiger partial charge in [-0.05, 0) is 24.3 Å². The zero-order valence-corrected chi connectivity index (χ0v) is 11.1. The third-order valence-corrected chi connectivity index (χ3v) is 3.74. The van der Waals surface area contributed by atoms with Crippen molar-refractivity contribution in [3.63, 3.8) is 0 Å². The third kappa shape index (κ3) is 2.40. The molecule has 0 amide bonds. The number of benzene rings is 2. The number of hydrogen-bond acceptors (Lipinski definition) is 3. The summed E-state index contributed by atoms with van der Waals surface area (Å²) < 4.78 is 26.6. The summed E-state index contributed by atoms with van der Waals surface area (Å²) in [5.41, 5.74) is 8.03. The van der Waals surface area contributed by atoms with Crippen molar-refractivity contribution in [3.8, 4) is 21.8 Å². The number of nitrogens with zero attached hydrogens (tertiary/aromatic N) is 1. The Morgan fingerprint density at radius 2 is 1.90 bits per heavy atom. The SMILES string of the molecule is Nc1cccc(-c2nc(-c3ccc(F)cc3F)cs2)c1. The van der Waals surface area contributed by atoms with Crippen LogP contribution in [0.5, 0.6) is 0 Å². The first-order valence-corrected chi connectivity index (χ1v) is 6.78. The van der Waals surface area contributed by atoms with E-state index in [4.69, 9.17) is 5.73 Å². The highest BCUT2D eigenvalue weighted by Crippen LogP contribution is 2.31. The Kier molecular flexibility index (Phi) is 3.20. The molecule has 0 aliphatic rings. The number of nitrogens with two attached hydrogens (primary N) is 1. The number of halogens is 2. The maximum Gasteiger partial charge on any atom is 0.135 e. The van der Waals surface area contributed by atoms with Gasteiger partial charge in [-0.2, -0.15) is 0 Å². The van der Waals surface area contributed by atoms with E-state index < -0.39 is 11.6 Å². The van der Waals surface area contributed by atoms with Crippen LogP contribution in [0, 0.1) is 11.6 Å². The Morgan fingerprint density at radius 1 is 1.05 bits per heavy atom. The van der Waals surface area contributed by atoms with Gasteiger partial charge in [-0.15, -0.1) is 11.3 Å². The van der Waals surface area contributed by atoms with Crippen LogP contribution in [0.15, 0.2) is 47.8 Å². The van der Waals surface area contributed by atoms with E-state index in [9.17, 15) is 8.78 Å². The molecule has 0 saturated heterocycles. The molecule has 2 aromatic carbocycles. The van der Waals surface area contributed by atoms with Gasteiger partial charge in [0, 0.05) is 28.3 Å². The van der Waals surface area contributed by atoms with Gasteiger partial charge in [-0.1, -0.05) is 12.1 Å². The van der Waals surface area contributed by atoms with Gasteiger partial charge < -0.3 is 5.73 Å². The van der Waals surface area contributed by atoms with Gasteiger partial charge in [0.15, 0.2) is 0 Å². The molecule has 0 fully saturated rings. The number of thiazole rings is 1. The van der Waals surface area contributed by atoms with Crippen LogP contribution in [0.1, 0.15) is 0 Å². The molecule has 1 heterocycles. The van der Waals surface area contributed by atoms with Crippen LogP contribution in [0.3, 0.4) is 0 Å². The highest BCUT2D eigenvalue weighted by atomic mass is 32.1. The lowest BCUT2D eigenvalue weighted by Gasteiger charge is -2.00. The molecule has 2 nitrogen and oxygen atoms in total. The van der Waals surface area contributed by atoms with Crippen molar-refractivity contribution in [2.24, 2.45) is 0 Å². The Bertz CT molecular complexity index is 768. The predicted octanol–water partition coefficient (Wildman–Crippen LogP) is 4.34. The lowest BCUT2D eigenvalue weighted by Crippen LogP contribution is -1.87. The van der Waals surface area contributed by atoms with Gasteiger partial charge in [0.2, 0.25) is 0 Å². The van der Waals surface area contributed by atoms with Crippen LogP contribution in [0.2, 0.25) is 0 Å². The average Bonchev–Trinajstić information content (AvgIpc) is 2.88. The second-order valence-corrected chi connectivity index (χ2v) is 5.15. The highest BCUT2D eigenvalue weighted by molar-refractivity contribution is 7.13. The predicted molar refractivity (Wildman–Crippen MR) is 77.3 cm³/mol. The van der Waals surface area contributed by atoms with E-state index in [1.54, 1.807) is 11.4 Å². The van der Waals surface area contributed by atoms with Gasteiger partial charge in [0.25, 0.3) is 0 Å². The molecule has 0 aliphatic carbocycles. The number of anilines is 1. The molecule has 5 heteroatoms. The normalized spacial score (nSPS) is 10.7. The zero-order chi connectivity index (χ0) is 14.1. The van der Waals surface area contributed by atoms with Gasteiger partial charge >= 0.3 is 0 Å². The van der Waals surface area contributed by atoms with E-state index in [0.717, 1.165) is 16.6 Å². The first-order valence-electron chi connectivity index (χ1n) is 5.90. The molecule has 3 aromatic rings. The summed E-state index contributed by atoms with van der Waals surface area (Å²) in [6, 6.07) is 10.8. The minimum absolute atomic E-state index is 0.290. The lowest BCUT2D eigenvalue weighted by molar-refractivity contribution is 0.585. The summed E-state index contributed by atoms with van der Waals surface area (Å²) in [7, 11) is 0. The van der Waals surface area contributed by atoms with Crippen molar-refractivity contribution >= 4 is 17.0 Å². The van der Waals surface area contributed by atoms with Crippen molar-refractivity contribution in [1.29, 1.82) is 0 Å². The van der Waals surface area contributed by atoms with E-state index in [1.165, 1.54) is 23.5 Å². The fourth-order valence-electron chi connectivity index (χ4n) is 1.90. The Labute approximate surface area is 118 Å². The molecule has 1 aromatic heterocycles. The van der Waals surface area contributed by atoms with Gasteiger partial charge in [0.1, 0.15) is 16.6 Å². The highest BCUT2D eigenvalue weighted by Gasteiger charge is 2.11. The van der Waals surface area contributed by atoms with Gasteiger partial charge in [-0.3, -0.25) is 0 Å². The second-order valence-electron chi connectivity index (χ2n) is 4.29. The fraction of sp³-hybridized carbons (Fsp3) is 0. The first-order chi connectivity index (χ1) is 9.63. The van der Waals surface area contributed by atoms with E-state index in [2.05, 4.69) is 4.98 Å². The standard InChI is InChI=1S/C15H10F2N2S/c16-10-4-5-12(13(17)7-10)14-8-20-15(19-14)9-2-1-3-11(18)6-9/h1-8H,18H2. The van der Waals surface area contributed by atoms with Crippen LogP contribution in [0.25, 0.3) is 21.8 Å². The van der Waals surface area contributed by atoms with Crippen molar-refractivity contribution in [2.75, 3.05) is 5.73 Å². The van der Waals surface area contributed by atoms with Crippen LogP contribution in [0.4, 0.5) is 14.5 Å². The van der Waals surface area contributed by atoms with E-state index >= 15 is 0 Å². The summed E-state index contributed by atoms with van der Waals surface area (Å²) in [6.07, 6.45) is 0. The van der Waals surface area contributed by atoms with Crippen LogP contribution >= 0.6 is 11.3 Å². The summed E-state index contributed by atoms with van der Waals surface area (Å²) in [5.74, 6) is -1.22. The van der Waals surface area contributed by atoms with Crippen LogP contribution in [-0.4, -0.2) is 4.98 Å². The minimum Gasteiger partial charge on any atom is -0.399 e. The van der Waals surface area contributed by atoms with E-state index in [-0.39, 0.29) is 5.56 Å². The van der Waals surface area contributed by atoms with Crippen LogP contribution in [-0.2, 0) is 0 Å². The maximum atomic E-state index is 13.7. The van der Waals surface area contributed by atoms with E-state index in [1.807, 2.05) is 18.2 Å². The van der Waals surface area contributed by atoms with Gasteiger partial charge in [0.05, 0.1) is 5.69 Å². The molecule has 0 atom stereocenters. The Balaban J connectivity index is 2.02. The molecule has 0 saturated carbocycles. The number of nitrogen functional groups attached to an aromatic ring is 1. The third-order valence-electron chi connectivity index (χ3n) is 2.84. The fourth-order valence-corrected chi connectivity index (χ4v) is 2.72. The molecule has 0 unspecified atom stereocenters. The largest absolute Gasteiger partial charge is 0.399 e. The molecule has 2 N–H and O–H groups in total. The second kappa shape index (κ2) is 5.02. The number of hydrogen-bond donors (Lipinski definition) is 1. The molecular weight excluding hydrogens is 278 g/mol. The number of aromatic nitrogens is 1. The summed E-state index contributed by atoms with van der Waals surface area (Å²) in [6.45, 7) is 0. The molecular formula is C15H10F2N2S. The molecule has 0 spiro atoms. The maximum absolute atomic E-state index is 13.7. The van der Waals surface area contributed by atoms with Crippen molar-refractivity contribution < 1.29 is 8.78 Å². The van der Waals surface area contributed by atoms with Gasteiger partial charge in [-0.25, -0.2) is 13.8 Å². The average molecular weight is 288 g/mol. The topological polar surface area (TPSA) is 38.9 Å². The molecule has 100 valence electrons. The number of rotatable bonds is 2. The van der Waals surface area contributed by atoms with Crippen molar-refractivity contribution in [2.45, 2.75) is 0 Å².